The van der Waals surface area contributed by atoms with Crippen molar-refractivity contribution in [3.8, 4) is 0 Å². The minimum Gasteiger partial charge on any atom is -0.307 e. The van der Waals surface area contributed by atoms with Gasteiger partial charge in [0.1, 0.15) is 0 Å². The molecule has 0 aliphatic rings. The van der Waals surface area contributed by atoms with Crippen LogP contribution in [0.4, 0.5) is 0 Å². The minimum absolute atomic E-state index is 0.120. The summed E-state index contributed by atoms with van der Waals surface area (Å²) in [4.78, 5) is 0. The van der Waals surface area contributed by atoms with Gasteiger partial charge in [0.05, 0.1) is 11.1 Å². The Morgan fingerprint density at radius 1 is 1.60 bits per heavy atom. The average molecular weight is 289 g/mol. The van der Waals surface area contributed by atoms with Gasteiger partial charge < -0.3 is 5.32 Å². The minimum atomic E-state index is 0.120. The predicted octanol–water partition coefficient (Wildman–Crippen LogP) is 4.33. The second-order valence-electron chi connectivity index (χ2n) is 3.31. The van der Waals surface area contributed by atoms with Crippen LogP contribution in [0.25, 0.3) is 0 Å². The SMILES string of the molecule is C=CC(NCCC)c1cccc(Br)c1Cl. The average Bonchev–Trinajstić information content (AvgIpc) is 2.25. The molecule has 0 aromatic heterocycles. The van der Waals surface area contributed by atoms with Gasteiger partial charge in [-0.3, -0.25) is 0 Å². The monoisotopic (exact) mass is 287 g/mol. The first-order valence-electron chi connectivity index (χ1n) is 5.00. The van der Waals surface area contributed by atoms with Crippen molar-refractivity contribution in [2.45, 2.75) is 19.4 Å². The highest BCUT2D eigenvalue weighted by Gasteiger charge is 2.11. The van der Waals surface area contributed by atoms with Crippen molar-refractivity contribution < 1.29 is 0 Å². The van der Waals surface area contributed by atoms with Crippen molar-refractivity contribution in [2.75, 3.05) is 6.54 Å². The summed E-state index contributed by atoms with van der Waals surface area (Å²) in [5.41, 5.74) is 1.06. The molecule has 0 radical (unpaired) electrons. The van der Waals surface area contributed by atoms with E-state index in [1.165, 1.54) is 0 Å². The van der Waals surface area contributed by atoms with Gasteiger partial charge in [-0.05, 0) is 40.5 Å². The van der Waals surface area contributed by atoms with Gasteiger partial charge in [-0.15, -0.1) is 6.58 Å². The molecule has 0 bridgehead atoms. The number of nitrogens with one attached hydrogen (secondary N) is 1. The highest BCUT2D eigenvalue weighted by Crippen LogP contribution is 2.30. The van der Waals surface area contributed by atoms with Crippen molar-refractivity contribution in [1.82, 2.24) is 5.32 Å². The summed E-state index contributed by atoms with van der Waals surface area (Å²) in [6.45, 7) is 6.92. The molecule has 0 saturated carbocycles. The molecule has 0 saturated heterocycles. The lowest BCUT2D eigenvalue weighted by Crippen LogP contribution is -2.20. The number of rotatable bonds is 5. The molecule has 0 aliphatic carbocycles. The lowest BCUT2D eigenvalue weighted by Gasteiger charge is -2.16. The molecule has 1 unspecified atom stereocenters. The van der Waals surface area contributed by atoms with Crippen LogP contribution in [0.3, 0.4) is 0 Å². The van der Waals surface area contributed by atoms with Gasteiger partial charge in [0, 0.05) is 4.47 Å². The summed E-state index contributed by atoms with van der Waals surface area (Å²) in [7, 11) is 0. The molecule has 1 rings (SSSR count). The third kappa shape index (κ3) is 3.33. The van der Waals surface area contributed by atoms with Crippen molar-refractivity contribution in [2.24, 2.45) is 0 Å². The van der Waals surface area contributed by atoms with Gasteiger partial charge >= 0.3 is 0 Å². The Kier molecular flexibility index (Phi) is 5.37. The normalized spacial score (nSPS) is 12.5. The van der Waals surface area contributed by atoms with Crippen LogP contribution in [0, 0.1) is 0 Å². The maximum atomic E-state index is 6.21. The Bertz CT molecular complexity index is 338. The van der Waals surface area contributed by atoms with Crippen LogP contribution < -0.4 is 5.32 Å². The molecular weight excluding hydrogens is 273 g/mol. The van der Waals surface area contributed by atoms with Crippen LogP contribution in [0.2, 0.25) is 5.02 Å². The molecule has 1 aromatic carbocycles. The zero-order valence-electron chi connectivity index (χ0n) is 8.76. The summed E-state index contributed by atoms with van der Waals surface area (Å²) >= 11 is 9.63. The van der Waals surface area contributed by atoms with E-state index in [-0.39, 0.29) is 6.04 Å². The zero-order chi connectivity index (χ0) is 11.3. The third-order valence-electron chi connectivity index (χ3n) is 2.17. The van der Waals surface area contributed by atoms with Crippen molar-refractivity contribution in [1.29, 1.82) is 0 Å². The van der Waals surface area contributed by atoms with Crippen LogP contribution >= 0.6 is 27.5 Å². The lowest BCUT2D eigenvalue weighted by atomic mass is 10.1. The van der Waals surface area contributed by atoms with Gasteiger partial charge in [0.25, 0.3) is 0 Å². The van der Waals surface area contributed by atoms with E-state index in [2.05, 4.69) is 34.7 Å². The van der Waals surface area contributed by atoms with Crippen LogP contribution in [0.1, 0.15) is 24.9 Å². The van der Waals surface area contributed by atoms with Crippen LogP contribution in [-0.2, 0) is 0 Å². The molecular formula is C12H15BrClN. The van der Waals surface area contributed by atoms with E-state index in [9.17, 15) is 0 Å². The molecule has 0 heterocycles. The van der Waals surface area contributed by atoms with Gasteiger partial charge in [-0.2, -0.15) is 0 Å². The molecule has 15 heavy (non-hydrogen) atoms. The smallest absolute Gasteiger partial charge is 0.0599 e. The Balaban J connectivity index is 2.91. The Labute approximate surface area is 105 Å². The van der Waals surface area contributed by atoms with E-state index in [4.69, 9.17) is 11.6 Å². The quantitative estimate of drug-likeness (QED) is 0.795. The maximum Gasteiger partial charge on any atom is 0.0599 e. The molecule has 1 N–H and O–H groups in total. The summed E-state index contributed by atoms with van der Waals surface area (Å²) in [5.74, 6) is 0. The standard InChI is InChI=1S/C12H15BrClN/c1-3-8-15-11(4-2)9-6-5-7-10(13)12(9)14/h4-7,11,15H,2-3,8H2,1H3. The number of benzene rings is 1. The number of halogens is 2. The number of hydrogen-bond acceptors (Lipinski definition) is 1. The van der Waals surface area contributed by atoms with E-state index < -0.39 is 0 Å². The predicted molar refractivity (Wildman–Crippen MR) is 70.4 cm³/mol. The molecule has 1 nitrogen and oxygen atoms in total. The van der Waals surface area contributed by atoms with Crippen molar-refractivity contribution in [3.05, 3.63) is 45.9 Å². The van der Waals surface area contributed by atoms with E-state index in [0.29, 0.717) is 0 Å². The Morgan fingerprint density at radius 3 is 2.93 bits per heavy atom. The van der Waals surface area contributed by atoms with Gasteiger partial charge in [0.15, 0.2) is 0 Å². The summed E-state index contributed by atoms with van der Waals surface area (Å²) < 4.78 is 0.923. The van der Waals surface area contributed by atoms with Crippen molar-refractivity contribution >= 4 is 27.5 Å². The largest absolute Gasteiger partial charge is 0.307 e. The highest BCUT2D eigenvalue weighted by atomic mass is 79.9. The summed E-state index contributed by atoms with van der Waals surface area (Å²) in [6, 6.07) is 6.05. The second-order valence-corrected chi connectivity index (χ2v) is 4.54. The van der Waals surface area contributed by atoms with E-state index in [0.717, 1.165) is 28.0 Å². The van der Waals surface area contributed by atoms with Crippen LogP contribution in [0.5, 0.6) is 0 Å². The Hall–Kier alpha value is -0.310. The summed E-state index contributed by atoms with van der Waals surface area (Å²) in [5, 5.41) is 4.14. The van der Waals surface area contributed by atoms with Crippen molar-refractivity contribution in [3.63, 3.8) is 0 Å². The maximum absolute atomic E-state index is 6.21. The molecule has 3 heteroatoms. The first kappa shape index (κ1) is 12.8. The molecule has 1 aromatic rings. The van der Waals surface area contributed by atoms with E-state index in [1.54, 1.807) is 0 Å². The fourth-order valence-corrected chi connectivity index (χ4v) is 2.01. The highest BCUT2D eigenvalue weighted by molar-refractivity contribution is 9.10. The van der Waals surface area contributed by atoms with Crippen LogP contribution in [0.15, 0.2) is 35.3 Å². The third-order valence-corrected chi connectivity index (χ3v) is 3.48. The first-order valence-corrected chi connectivity index (χ1v) is 6.17. The first-order chi connectivity index (χ1) is 7.20. The Morgan fingerprint density at radius 2 is 2.33 bits per heavy atom. The molecule has 1 atom stereocenters. The topological polar surface area (TPSA) is 12.0 Å². The van der Waals surface area contributed by atoms with Gasteiger partial charge in [-0.25, -0.2) is 0 Å². The van der Waals surface area contributed by atoms with Crippen LogP contribution in [-0.4, -0.2) is 6.54 Å². The molecule has 0 aliphatic heterocycles. The summed E-state index contributed by atoms with van der Waals surface area (Å²) in [6.07, 6.45) is 2.97. The second kappa shape index (κ2) is 6.31. The fraction of sp³-hybridized carbons (Fsp3) is 0.333. The van der Waals surface area contributed by atoms with Gasteiger partial charge in [-0.1, -0.05) is 36.7 Å². The molecule has 0 amide bonds. The number of hydrogen-bond donors (Lipinski definition) is 1. The molecule has 0 fully saturated rings. The van der Waals surface area contributed by atoms with E-state index in [1.807, 2.05) is 24.3 Å². The molecule has 0 spiro atoms. The van der Waals surface area contributed by atoms with Gasteiger partial charge in [0.2, 0.25) is 0 Å². The van der Waals surface area contributed by atoms with E-state index >= 15 is 0 Å². The molecule has 82 valence electrons. The zero-order valence-corrected chi connectivity index (χ0v) is 11.1. The lowest BCUT2D eigenvalue weighted by molar-refractivity contribution is 0.613. The fourth-order valence-electron chi connectivity index (χ4n) is 1.38.